The molecule has 0 amide bonds. The highest BCUT2D eigenvalue weighted by Gasteiger charge is 2.23. The lowest BCUT2D eigenvalue weighted by atomic mass is 10.1. The van der Waals surface area contributed by atoms with Crippen LogP contribution < -0.4 is 5.73 Å². The molecule has 0 saturated heterocycles. The molecule has 0 unspecified atom stereocenters. The molecule has 116 valence electrons. The maximum atomic E-state index is 13.6. The normalized spacial score (nSPS) is 13.1. The highest BCUT2D eigenvalue weighted by atomic mass is 32.2. The van der Waals surface area contributed by atoms with Crippen LogP contribution >= 0.6 is 23.1 Å². The van der Waals surface area contributed by atoms with Crippen LogP contribution in [-0.4, -0.2) is 19.8 Å². The summed E-state index contributed by atoms with van der Waals surface area (Å²) in [6.07, 6.45) is 0. The maximum Gasteiger partial charge on any atom is 0.235 e. The van der Waals surface area contributed by atoms with Crippen LogP contribution in [0.4, 0.5) is 4.39 Å². The van der Waals surface area contributed by atoms with Gasteiger partial charge in [-0.2, -0.15) is 4.52 Å². The molecule has 0 spiro atoms. The predicted octanol–water partition coefficient (Wildman–Crippen LogP) is 2.56. The van der Waals surface area contributed by atoms with E-state index >= 15 is 0 Å². The fraction of sp³-hybridized carbons (Fsp3) is 0.357. The SMILES string of the molecule is CC(C)[C@H]([NH3+])c1nnc2sc(SCc3ccccc3F)nn12. The minimum absolute atomic E-state index is 0.0431. The van der Waals surface area contributed by atoms with E-state index in [0.717, 1.165) is 15.1 Å². The summed E-state index contributed by atoms with van der Waals surface area (Å²) in [4.78, 5) is 0.750. The van der Waals surface area contributed by atoms with Gasteiger partial charge in [-0.05, 0) is 11.6 Å². The number of aromatic nitrogens is 4. The third kappa shape index (κ3) is 2.99. The van der Waals surface area contributed by atoms with Gasteiger partial charge < -0.3 is 5.73 Å². The Morgan fingerprint density at radius 2 is 2.09 bits per heavy atom. The molecule has 3 aromatic rings. The fourth-order valence-corrected chi connectivity index (χ4v) is 3.83. The molecule has 22 heavy (non-hydrogen) atoms. The summed E-state index contributed by atoms with van der Waals surface area (Å²) >= 11 is 2.97. The first-order valence-corrected chi connectivity index (χ1v) is 8.78. The van der Waals surface area contributed by atoms with Crippen LogP contribution in [0.2, 0.25) is 0 Å². The van der Waals surface area contributed by atoms with Crippen molar-refractivity contribution in [2.75, 3.05) is 0 Å². The zero-order valence-corrected chi connectivity index (χ0v) is 14.0. The van der Waals surface area contributed by atoms with Crippen LogP contribution in [-0.2, 0) is 5.75 Å². The van der Waals surface area contributed by atoms with E-state index in [1.807, 2.05) is 6.07 Å². The number of nitrogens with zero attached hydrogens (tertiary/aromatic N) is 4. The number of fused-ring (bicyclic) bond motifs is 1. The number of hydrogen-bond acceptors (Lipinski definition) is 5. The Kier molecular flexibility index (Phi) is 4.42. The van der Waals surface area contributed by atoms with Gasteiger partial charge >= 0.3 is 0 Å². The Morgan fingerprint density at radius 3 is 2.82 bits per heavy atom. The van der Waals surface area contributed by atoms with Crippen LogP contribution in [0, 0.1) is 11.7 Å². The van der Waals surface area contributed by atoms with Crippen LogP contribution in [0.1, 0.15) is 31.3 Å². The highest BCUT2D eigenvalue weighted by molar-refractivity contribution is 8.00. The molecule has 3 rings (SSSR count). The Balaban J connectivity index is 1.80. The summed E-state index contributed by atoms with van der Waals surface area (Å²) in [6, 6.07) is 6.84. The number of benzene rings is 1. The van der Waals surface area contributed by atoms with Crippen LogP contribution in [0.5, 0.6) is 0 Å². The molecule has 0 aliphatic carbocycles. The standard InChI is InChI=1S/C14H16FN5S2/c1-8(2)11(16)12-17-18-13-20(12)19-14(22-13)21-7-9-5-3-4-6-10(9)15/h3-6,8,11H,7,16H2,1-2H3/p+1/t11-/m0/s1. The van der Waals surface area contributed by atoms with Crippen molar-refractivity contribution < 1.29 is 10.1 Å². The molecule has 8 heteroatoms. The van der Waals surface area contributed by atoms with E-state index in [0.29, 0.717) is 17.2 Å². The maximum absolute atomic E-state index is 13.6. The van der Waals surface area contributed by atoms with Crippen LogP contribution in [0.3, 0.4) is 0 Å². The lowest BCUT2D eigenvalue weighted by Crippen LogP contribution is -2.56. The van der Waals surface area contributed by atoms with Crippen molar-refractivity contribution >= 4 is 28.1 Å². The number of thioether (sulfide) groups is 1. The van der Waals surface area contributed by atoms with Gasteiger partial charge in [0.25, 0.3) is 0 Å². The molecule has 1 aromatic carbocycles. The zero-order valence-electron chi connectivity index (χ0n) is 12.4. The van der Waals surface area contributed by atoms with E-state index in [1.165, 1.54) is 29.2 Å². The van der Waals surface area contributed by atoms with Crippen molar-refractivity contribution in [3.05, 3.63) is 41.5 Å². The van der Waals surface area contributed by atoms with E-state index in [1.54, 1.807) is 16.6 Å². The Labute approximate surface area is 135 Å². The Bertz CT molecular complexity index is 782. The molecule has 5 nitrogen and oxygen atoms in total. The largest absolute Gasteiger partial charge is 0.348 e. The van der Waals surface area contributed by atoms with E-state index in [4.69, 9.17) is 0 Å². The van der Waals surface area contributed by atoms with Gasteiger partial charge in [0, 0.05) is 11.7 Å². The molecule has 3 N–H and O–H groups in total. The summed E-state index contributed by atoms with van der Waals surface area (Å²) < 4.78 is 16.2. The van der Waals surface area contributed by atoms with Gasteiger partial charge in [0.05, 0.1) is 0 Å². The number of rotatable bonds is 5. The molecule has 1 atom stereocenters. The van der Waals surface area contributed by atoms with Gasteiger partial charge in [-0.1, -0.05) is 55.1 Å². The lowest BCUT2D eigenvalue weighted by molar-refractivity contribution is -0.440. The summed E-state index contributed by atoms with van der Waals surface area (Å²) in [7, 11) is 0. The minimum Gasteiger partial charge on any atom is -0.348 e. The van der Waals surface area contributed by atoms with Crippen LogP contribution in [0.15, 0.2) is 28.6 Å². The first kappa shape index (κ1) is 15.4. The number of quaternary nitrogens is 1. The van der Waals surface area contributed by atoms with Crippen molar-refractivity contribution in [2.45, 2.75) is 30.0 Å². The van der Waals surface area contributed by atoms with E-state index < -0.39 is 0 Å². The van der Waals surface area contributed by atoms with Gasteiger partial charge in [-0.3, -0.25) is 0 Å². The third-order valence-corrected chi connectivity index (χ3v) is 5.52. The molecular weight excluding hydrogens is 321 g/mol. The second kappa shape index (κ2) is 6.31. The summed E-state index contributed by atoms with van der Waals surface area (Å²) in [5, 5.41) is 12.9. The molecular formula is C14H17FN5S2+. The molecule has 0 saturated carbocycles. The Hall–Kier alpha value is -1.51. The second-order valence-electron chi connectivity index (χ2n) is 5.35. The van der Waals surface area contributed by atoms with Crippen molar-refractivity contribution in [3.8, 4) is 0 Å². The van der Waals surface area contributed by atoms with E-state index in [9.17, 15) is 4.39 Å². The van der Waals surface area contributed by atoms with Crippen molar-refractivity contribution in [1.29, 1.82) is 0 Å². The number of halogens is 1. The van der Waals surface area contributed by atoms with Gasteiger partial charge in [0.15, 0.2) is 4.34 Å². The van der Waals surface area contributed by atoms with E-state index in [-0.39, 0.29) is 11.9 Å². The summed E-state index contributed by atoms with van der Waals surface area (Å²) in [6.45, 7) is 4.19. The van der Waals surface area contributed by atoms with Crippen molar-refractivity contribution in [2.24, 2.45) is 5.92 Å². The van der Waals surface area contributed by atoms with E-state index in [2.05, 4.69) is 34.9 Å². The first-order chi connectivity index (χ1) is 10.6. The molecule has 2 aromatic heterocycles. The third-order valence-electron chi connectivity index (χ3n) is 3.44. The zero-order chi connectivity index (χ0) is 15.7. The first-order valence-electron chi connectivity index (χ1n) is 6.97. The smallest absolute Gasteiger partial charge is 0.235 e. The van der Waals surface area contributed by atoms with Gasteiger partial charge in [0.2, 0.25) is 10.8 Å². The molecule has 0 aliphatic rings. The second-order valence-corrected chi connectivity index (χ2v) is 7.53. The summed E-state index contributed by atoms with van der Waals surface area (Å²) in [5.74, 6) is 1.50. The molecule has 0 radical (unpaired) electrons. The number of hydrogen-bond donors (Lipinski definition) is 1. The van der Waals surface area contributed by atoms with Gasteiger partial charge in [-0.25, -0.2) is 4.39 Å². The van der Waals surface area contributed by atoms with Crippen LogP contribution in [0.25, 0.3) is 4.96 Å². The fourth-order valence-electron chi connectivity index (χ4n) is 1.96. The highest BCUT2D eigenvalue weighted by Crippen LogP contribution is 2.29. The molecule has 0 aliphatic heterocycles. The molecule has 0 bridgehead atoms. The van der Waals surface area contributed by atoms with Gasteiger partial charge in [0.1, 0.15) is 11.9 Å². The minimum atomic E-state index is -0.184. The molecule has 0 fully saturated rings. The quantitative estimate of drug-likeness (QED) is 0.726. The monoisotopic (exact) mass is 338 g/mol. The van der Waals surface area contributed by atoms with Gasteiger partial charge in [-0.15, -0.1) is 15.3 Å². The topological polar surface area (TPSA) is 70.7 Å². The lowest BCUT2D eigenvalue weighted by Gasteiger charge is -2.08. The van der Waals surface area contributed by atoms with Crippen molar-refractivity contribution in [1.82, 2.24) is 19.8 Å². The van der Waals surface area contributed by atoms with Crippen molar-refractivity contribution in [3.63, 3.8) is 0 Å². The average molecular weight is 338 g/mol. The average Bonchev–Trinajstić information content (AvgIpc) is 3.05. The molecule has 2 heterocycles. The summed E-state index contributed by atoms with van der Waals surface area (Å²) in [5.41, 5.74) is 4.81. The Morgan fingerprint density at radius 1 is 1.32 bits per heavy atom. The predicted molar refractivity (Wildman–Crippen MR) is 85.1 cm³/mol.